The molecule has 3 nitrogen and oxygen atoms in total. The van der Waals surface area contributed by atoms with Crippen molar-refractivity contribution in [2.24, 2.45) is 0 Å². The summed E-state index contributed by atoms with van der Waals surface area (Å²) in [5.41, 5.74) is 2.07. The quantitative estimate of drug-likeness (QED) is 0.391. The minimum atomic E-state index is -0.322. The molecule has 0 spiro atoms. The van der Waals surface area contributed by atoms with Gasteiger partial charge in [-0.2, -0.15) is 5.26 Å². The van der Waals surface area contributed by atoms with Gasteiger partial charge in [0.2, 0.25) is 0 Å². The Bertz CT molecular complexity index is 1110. The van der Waals surface area contributed by atoms with Crippen molar-refractivity contribution in [3.05, 3.63) is 82.7 Å². The molecule has 0 N–H and O–H groups in total. The highest BCUT2D eigenvalue weighted by molar-refractivity contribution is 7.11. The fourth-order valence-electron chi connectivity index (χ4n) is 2.58. The van der Waals surface area contributed by atoms with E-state index in [1.54, 1.807) is 36.6 Å². The summed E-state index contributed by atoms with van der Waals surface area (Å²) in [5, 5.41) is 11.5. The third-order valence-electron chi connectivity index (χ3n) is 3.81. The van der Waals surface area contributed by atoms with Gasteiger partial charge in [-0.05, 0) is 48.5 Å². The summed E-state index contributed by atoms with van der Waals surface area (Å²) in [6.45, 7) is 0. The predicted molar refractivity (Wildman–Crippen MR) is 99.6 cm³/mol. The Balaban J connectivity index is 1.64. The molecule has 3 heterocycles. The van der Waals surface area contributed by atoms with E-state index in [0.717, 1.165) is 16.2 Å². The molecule has 4 aromatic rings. The van der Waals surface area contributed by atoms with Crippen LogP contribution in [0.15, 0.2) is 75.1 Å². The lowest BCUT2D eigenvalue weighted by atomic mass is 10.1. The second-order valence-corrected chi connectivity index (χ2v) is 6.47. The molecular weight excluding hydrogens is 349 g/mol. The fourth-order valence-corrected chi connectivity index (χ4v) is 3.44. The summed E-state index contributed by atoms with van der Waals surface area (Å²) < 4.78 is 24.5. The van der Waals surface area contributed by atoms with Crippen molar-refractivity contribution in [1.29, 1.82) is 5.26 Å². The third-order valence-corrected chi connectivity index (χ3v) is 4.78. The van der Waals surface area contributed by atoms with Gasteiger partial charge in [0.25, 0.3) is 0 Å². The SMILES string of the molecule is N#C/C(=C\c1ccc(-c2cccc(F)c2)o1)c1cc(-c2ccco2)cs1. The van der Waals surface area contributed by atoms with Crippen molar-refractivity contribution in [2.75, 3.05) is 0 Å². The van der Waals surface area contributed by atoms with Crippen LogP contribution >= 0.6 is 11.3 Å². The van der Waals surface area contributed by atoms with Crippen LogP contribution in [0.3, 0.4) is 0 Å². The van der Waals surface area contributed by atoms with Crippen LogP contribution < -0.4 is 0 Å². The van der Waals surface area contributed by atoms with Gasteiger partial charge in [0.1, 0.15) is 29.2 Å². The Kier molecular flexibility index (Phi) is 4.26. The number of allylic oxidation sites excluding steroid dienone is 1. The molecule has 0 bridgehead atoms. The largest absolute Gasteiger partial charge is 0.464 e. The van der Waals surface area contributed by atoms with Crippen molar-refractivity contribution in [1.82, 2.24) is 0 Å². The second kappa shape index (κ2) is 6.87. The van der Waals surface area contributed by atoms with Gasteiger partial charge in [0, 0.05) is 21.4 Å². The monoisotopic (exact) mass is 361 g/mol. The lowest BCUT2D eigenvalue weighted by molar-refractivity contribution is 0.570. The number of rotatable bonds is 4. The maximum absolute atomic E-state index is 13.4. The fraction of sp³-hybridized carbons (Fsp3) is 0. The van der Waals surface area contributed by atoms with Crippen molar-refractivity contribution < 1.29 is 13.2 Å². The van der Waals surface area contributed by atoms with Crippen LogP contribution in [0, 0.1) is 17.1 Å². The molecule has 0 aliphatic carbocycles. The molecule has 5 heteroatoms. The summed E-state index contributed by atoms with van der Waals surface area (Å²) in [6.07, 6.45) is 3.30. The summed E-state index contributed by atoms with van der Waals surface area (Å²) in [4.78, 5) is 0.822. The van der Waals surface area contributed by atoms with Crippen LogP contribution in [-0.2, 0) is 0 Å². The van der Waals surface area contributed by atoms with E-state index in [2.05, 4.69) is 6.07 Å². The molecule has 0 saturated carbocycles. The highest BCUT2D eigenvalue weighted by Crippen LogP contribution is 2.32. The average molecular weight is 361 g/mol. The summed E-state index contributed by atoms with van der Waals surface area (Å²) in [6, 6.07) is 17.5. The Morgan fingerprint density at radius 3 is 2.73 bits per heavy atom. The number of thiophene rings is 1. The maximum Gasteiger partial charge on any atom is 0.134 e. The Hall–Kier alpha value is -3.36. The molecule has 4 rings (SSSR count). The van der Waals surface area contributed by atoms with Crippen LogP contribution in [0.25, 0.3) is 34.3 Å². The number of nitrogens with zero attached hydrogens (tertiary/aromatic N) is 1. The number of nitriles is 1. The van der Waals surface area contributed by atoms with Crippen LogP contribution in [0.5, 0.6) is 0 Å². The Morgan fingerprint density at radius 2 is 1.96 bits per heavy atom. The lowest BCUT2D eigenvalue weighted by Crippen LogP contribution is -1.77. The molecule has 1 aromatic carbocycles. The topological polar surface area (TPSA) is 50.1 Å². The number of furan rings is 2. The normalized spacial score (nSPS) is 11.5. The molecule has 126 valence electrons. The molecule has 0 aliphatic heterocycles. The van der Waals surface area contributed by atoms with Gasteiger partial charge in [0.05, 0.1) is 11.8 Å². The van der Waals surface area contributed by atoms with Crippen molar-refractivity contribution in [3.63, 3.8) is 0 Å². The van der Waals surface area contributed by atoms with Gasteiger partial charge in [-0.15, -0.1) is 11.3 Å². The Morgan fingerprint density at radius 1 is 1.04 bits per heavy atom. The van der Waals surface area contributed by atoms with E-state index in [1.807, 2.05) is 23.6 Å². The van der Waals surface area contributed by atoms with Gasteiger partial charge in [-0.3, -0.25) is 0 Å². The van der Waals surface area contributed by atoms with Gasteiger partial charge < -0.3 is 8.83 Å². The van der Waals surface area contributed by atoms with E-state index in [-0.39, 0.29) is 5.82 Å². The van der Waals surface area contributed by atoms with Crippen LogP contribution in [-0.4, -0.2) is 0 Å². The van der Waals surface area contributed by atoms with Crippen molar-refractivity contribution in [2.45, 2.75) is 0 Å². The maximum atomic E-state index is 13.4. The first-order chi connectivity index (χ1) is 12.7. The standard InChI is InChI=1S/C21H12FNO2S/c22-17-4-1-3-14(9-17)20-7-6-18(25-20)10-15(12-23)21-11-16(13-26-21)19-5-2-8-24-19/h1-11,13H/b15-10+. The smallest absolute Gasteiger partial charge is 0.134 e. The first kappa shape index (κ1) is 16.1. The summed E-state index contributed by atoms with van der Waals surface area (Å²) in [5.74, 6) is 1.53. The molecule has 0 saturated heterocycles. The van der Waals surface area contributed by atoms with Crippen molar-refractivity contribution in [3.8, 4) is 28.7 Å². The average Bonchev–Trinajstić information content (AvgIpc) is 3.40. The third kappa shape index (κ3) is 3.23. The predicted octanol–water partition coefficient (Wildman–Crippen LogP) is 6.47. The van der Waals surface area contributed by atoms with Gasteiger partial charge >= 0.3 is 0 Å². The van der Waals surface area contributed by atoms with Crippen LogP contribution in [0.1, 0.15) is 10.6 Å². The summed E-state index contributed by atoms with van der Waals surface area (Å²) in [7, 11) is 0. The molecule has 26 heavy (non-hydrogen) atoms. The van der Waals surface area contributed by atoms with Crippen LogP contribution in [0.2, 0.25) is 0 Å². The zero-order valence-corrected chi connectivity index (χ0v) is 14.3. The molecule has 0 amide bonds. The molecule has 0 aliphatic rings. The van der Waals surface area contributed by atoms with E-state index < -0.39 is 0 Å². The molecular formula is C21H12FNO2S. The zero-order valence-electron chi connectivity index (χ0n) is 13.5. The number of hydrogen-bond acceptors (Lipinski definition) is 4. The molecule has 0 atom stereocenters. The number of halogens is 1. The van der Waals surface area contributed by atoms with Crippen molar-refractivity contribution >= 4 is 23.0 Å². The highest BCUT2D eigenvalue weighted by Gasteiger charge is 2.10. The lowest BCUT2D eigenvalue weighted by Gasteiger charge is -1.97. The zero-order chi connectivity index (χ0) is 17.9. The van der Waals surface area contributed by atoms with E-state index in [0.29, 0.717) is 22.7 Å². The van der Waals surface area contributed by atoms with E-state index in [4.69, 9.17) is 8.83 Å². The highest BCUT2D eigenvalue weighted by atomic mass is 32.1. The first-order valence-corrected chi connectivity index (χ1v) is 8.71. The minimum absolute atomic E-state index is 0.322. The van der Waals surface area contributed by atoms with Gasteiger partial charge in [0.15, 0.2) is 0 Å². The minimum Gasteiger partial charge on any atom is -0.464 e. The van der Waals surface area contributed by atoms with E-state index in [1.165, 1.54) is 23.5 Å². The van der Waals surface area contributed by atoms with Gasteiger partial charge in [-0.25, -0.2) is 4.39 Å². The molecule has 0 fully saturated rings. The molecule has 0 radical (unpaired) electrons. The second-order valence-electron chi connectivity index (χ2n) is 5.56. The Labute approximate surface area is 153 Å². The van der Waals surface area contributed by atoms with E-state index in [9.17, 15) is 9.65 Å². The number of benzene rings is 1. The van der Waals surface area contributed by atoms with Gasteiger partial charge in [-0.1, -0.05) is 12.1 Å². The summed E-state index contributed by atoms with van der Waals surface area (Å²) >= 11 is 1.46. The first-order valence-electron chi connectivity index (χ1n) is 7.83. The molecule has 0 unspecified atom stereocenters. The van der Waals surface area contributed by atoms with Crippen LogP contribution in [0.4, 0.5) is 4.39 Å². The number of hydrogen-bond donors (Lipinski definition) is 0. The molecule has 3 aromatic heterocycles. The van der Waals surface area contributed by atoms with E-state index >= 15 is 0 Å².